The Bertz CT molecular complexity index is 582. The molecule has 1 rings (SSSR count). The van der Waals surface area contributed by atoms with Crippen LogP contribution in [-0.2, 0) is 0 Å². The molecule has 0 aliphatic carbocycles. The Morgan fingerprint density at radius 2 is 2.14 bits per heavy atom. The maximum absolute atomic E-state index is 12.2. The standard InChI is InChI=1S/C11H11ClF3N3O4/c1-17(5-9(19)11(13,14)15)10(20)16-6-2-3-8(18(21)22)7(12)4-6/h2-4,9,19H,5H2,1H3,(H,16,20)/t9-/m0/s1. The van der Waals surface area contributed by atoms with E-state index in [2.05, 4.69) is 5.32 Å². The molecule has 1 atom stereocenters. The van der Waals surface area contributed by atoms with E-state index in [1.54, 1.807) is 0 Å². The van der Waals surface area contributed by atoms with E-state index in [-0.39, 0.29) is 16.4 Å². The Morgan fingerprint density at radius 3 is 2.59 bits per heavy atom. The number of urea groups is 1. The van der Waals surface area contributed by atoms with E-state index < -0.39 is 29.8 Å². The van der Waals surface area contributed by atoms with Crippen LogP contribution in [0.3, 0.4) is 0 Å². The number of amides is 2. The minimum Gasteiger partial charge on any atom is -0.382 e. The molecule has 122 valence electrons. The summed E-state index contributed by atoms with van der Waals surface area (Å²) >= 11 is 5.64. The van der Waals surface area contributed by atoms with E-state index in [0.717, 1.165) is 19.2 Å². The number of likely N-dealkylation sites (N-methyl/N-ethyl adjacent to an activating group) is 1. The lowest BCUT2D eigenvalue weighted by Crippen LogP contribution is -2.43. The average molecular weight is 342 g/mol. The fraction of sp³-hybridized carbons (Fsp3) is 0.364. The summed E-state index contributed by atoms with van der Waals surface area (Å²) in [6, 6.07) is 2.37. The van der Waals surface area contributed by atoms with Gasteiger partial charge in [-0.2, -0.15) is 13.2 Å². The predicted molar refractivity (Wildman–Crippen MR) is 71.8 cm³/mol. The number of benzene rings is 1. The first kappa shape index (κ1) is 18.0. The first-order valence-electron chi connectivity index (χ1n) is 5.73. The molecule has 1 aromatic rings. The van der Waals surface area contributed by atoms with Crippen molar-refractivity contribution >= 4 is 29.0 Å². The number of hydrogen-bond acceptors (Lipinski definition) is 4. The van der Waals surface area contributed by atoms with Crippen LogP contribution in [0.1, 0.15) is 0 Å². The molecular weight excluding hydrogens is 331 g/mol. The van der Waals surface area contributed by atoms with Gasteiger partial charge in [0.25, 0.3) is 5.69 Å². The van der Waals surface area contributed by atoms with Gasteiger partial charge in [0.05, 0.1) is 11.5 Å². The van der Waals surface area contributed by atoms with Crippen LogP contribution >= 0.6 is 11.6 Å². The summed E-state index contributed by atoms with van der Waals surface area (Å²) in [6.45, 7) is -0.962. The zero-order valence-electron chi connectivity index (χ0n) is 11.1. The highest BCUT2D eigenvalue weighted by atomic mass is 35.5. The second-order valence-corrected chi connectivity index (χ2v) is 4.70. The average Bonchev–Trinajstić information content (AvgIpc) is 2.36. The van der Waals surface area contributed by atoms with Gasteiger partial charge in [-0.3, -0.25) is 10.1 Å². The van der Waals surface area contributed by atoms with Crippen molar-refractivity contribution in [2.24, 2.45) is 0 Å². The van der Waals surface area contributed by atoms with Crippen LogP contribution in [0.25, 0.3) is 0 Å². The van der Waals surface area contributed by atoms with Gasteiger partial charge in [0, 0.05) is 18.8 Å². The first-order chi connectivity index (χ1) is 10.0. The summed E-state index contributed by atoms with van der Waals surface area (Å²) in [6.07, 6.45) is -7.52. The zero-order chi connectivity index (χ0) is 17.1. The second kappa shape index (κ2) is 6.79. The molecule has 0 aromatic heterocycles. The highest BCUT2D eigenvalue weighted by Gasteiger charge is 2.39. The number of nitrogens with zero attached hydrogens (tertiary/aromatic N) is 2. The van der Waals surface area contributed by atoms with Crippen LogP contribution in [0.5, 0.6) is 0 Å². The van der Waals surface area contributed by atoms with E-state index in [9.17, 15) is 28.1 Å². The molecule has 0 fully saturated rings. The topological polar surface area (TPSA) is 95.7 Å². The van der Waals surface area contributed by atoms with Crippen molar-refractivity contribution in [2.45, 2.75) is 12.3 Å². The van der Waals surface area contributed by atoms with Gasteiger partial charge in [-0.05, 0) is 12.1 Å². The monoisotopic (exact) mass is 341 g/mol. The SMILES string of the molecule is CN(C[C@H](O)C(F)(F)F)C(=O)Nc1ccc([N+](=O)[O-])c(Cl)c1. The van der Waals surface area contributed by atoms with Gasteiger partial charge in [0.15, 0.2) is 6.10 Å². The molecule has 0 aliphatic rings. The van der Waals surface area contributed by atoms with Crippen molar-refractivity contribution < 1.29 is 28.0 Å². The number of anilines is 1. The summed E-state index contributed by atoms with van der Waals surface area (Å²) in [5.41, 5.74) is -0.311. The summed E-state index contributed by atoms with van der Waals surface area (Å²) in [5.74, 6) is 0. The highest BCUT2D eigenvalue weighted by molar-refractivity contribution is 6.33. The molecule has 0 saturated heterocycles. The molecule has 0 bridgehead atoms. The Labute approximate surface area is 127 Å². The molecular formula is C11H11ClF3N3O4. The van der Waals surface area contributed by atoms with Gasteiger partial charge in [0.2, 0.25) is 0 Å². The van der Waals surface area contributed by atoms with Crippen LogP contribution in [0.2, 0.25) is 5.02 Å². The zero-order valence-corrected chi connectivity index (χ0v) is 11.9. The molecule has 22 heavy (non-hydrogen) atoms. The third-order valence-electron chi connectivity index (χ3n) is 2.57. The van der Waals surface area contributed by atoms with Gasteiger partial charge in [-0.25, -0.2) is 4.79 Å². The van der Waals surface area contributed by atoms with Crippen LogP contribution in [0, 0.1) is 10.1 Å². The third-order valence-corrected chi connectivity index (χ3v) is 2.87. The molecule has 0 aliphatic heterocycles. The summed E-state index contributed by atoms with van der Waals surface area (Å²) in [5, 5.41) is 21.4. The van der Waals surface area contributed by atoms with E-state index in [1.165, 1.54) is 6.07 Å². The van der Waals surface area contributed by atoms with Crippen LogP contribution in [0.4, 0.5) is 29.3 Å². The summed E-state index contributed by atoms with van der Waals surface area (Å²) in [7, 11) is 1.05. The largest absolute Gasteiger partial charge is 0.416 e. The lowest BCUT2D eigenvalue weighted by Gasteiger charge is -2.22. The van der Waals surface area contributed by atoms with Crippen molar-refractivity contribution in [2.75, 3.05) is 18.9 Å². The van der Waals surface area contributed by atoms with Gasteiger partial charge in [-0.1, -0.05) is 11.6 Å². The Kier molecular flexibility index (Phi) is 5.55. The number of nitro benzene ring substituents is 1. The summed E-state index contributed by atoms with van der Waals surface area (Å²) in [4.78, 5) is 22.1. The number of alkyl halides is 3. The Balaban J connectivity index is 2.72. The highest BCUT2D eigenvalue weighted by Crippen LogP contribution is 2.27. The number of aliphatic hydroxyl groups excluding tert-OH is 1. The van der Waals surface area contributed by atoms with Crippen LogP contribution in [-0.4, -0.2) is 46.8 Å². The van der Waals surface area contributed by atoms with Crippen LogP contribution in [0.15, 0.2) is 18.2 Å². The molecule has 7 nitrogen and oxygen atoms in total. The maximum atomic E-state index is 12.2. The molecule has 0 saturated carbocycles. The lowest BCUT2D eigenvalue weighted by atomic mass is 10.3. The number of carbonyl (C=O) groups excluding carboxylic acids is 1. The molecule has 11 heteroatoms. The number of nitrogens with one attached hydrogen (secondary N) is 1. The maximum Gasteiger partial charge on any atom is 0.416 e. The van der Waals surface area contributed by atoms with Crippen LogP contribution < -0.4 is 5.32 Å². The number of carbonyl (C=O) groups is 1. The fourth-order valence-corrected chi connectivity index (χ4v) is 1.65. The smallest absolute Gasteiger partial charge is 0.382 e. The molecule has 0 unspecified atom stereocenters. The fourth-order valence-electron chi connectivity index (χ4n) is 1.40. The number of halogens is 4. The van der Waals surface area contributed by atoms with Crippen molar-refractivity contribution in [3.8, 4) is 0 Å². The number of rotatable bonds is 4. The van der Waals surface area contributed by atoms with E-state index in [1.807, 2.05) is 0 Å². The normalized spacial score (nSPS) is 12.6. The summed E-state index contributed by atoms with van der Waals surface area (Å²) < 4.78 is 36.5. The van der Waals surface area contributed by atoms with Gasteiger partial charge in [0.1, 0.15) is 5.02 Å². The van der Waals surface area contributed by atoms with E-state index in [4.69, 9.17) is 16.7 Å². The Hall–Kier alpha value is -2.07. The minimum absolute atomic E-state index is 0.0638. The molecule has 0 heterocycles. The first-order valence-corrected chi connectivity index (χ1v) is 6.11. The lowest BCUT2D eigenvalue weighted by molar-refractivity contribution is -0.384. The molecule has 0 radical (unpaired) electrons. The molecule has 2 amide bonds. The minimum atomic E-state index is -4.84. The predicted octanol–water partition coefficient (Wildman–Crippen LogP) is 2.64. The van der Waals surface area contributed by atoms with Gasteiger partial charge in [-0.15, -0.1) is 0 Å². The van der Waals surface area contributed by atoms with Gasteiger partial charge < -0.3 is 15.3 Å². The number of aliphatic hydroxyl groups is 1. The van der Waals surface area contributed by atoms with Crippen molar-refractivity contribution in [1.29, 1.82) is 0 Å². The van der Waals surface area contributed by atoms with Gasteiger partial charge >= 0.3 is 12.2 Å². The third kappa shape index (κ3) is 4.74. The molecule has 0 spiro atoms. The number of hydrogen-bond donors (Lipinski definition) is 2. The van der Waals surface area contributed by atoms with E-state index >= 15 is 0 Å². The Morgan fingerprint density at radius 1 is 1.55 bits per heavy atom. The molecule has 1 aromatic carbocycles. The second-order valence-electron chi connectivity index (χ2n) is 4.29. The quantitative estimate of drug-likeness (QED) is 0.650. The van der Waals surface area contributed by atoms with E-state index in [0.29, 0.717) is 4.90 Å². The van der Waals surface area contributed by atoms with Crippen molar-refractivity contribution in [1.82, 2.24) is 4.90 Å². The number of nitro groups is 1. The van der Waals surface area contributed by atoms with Crippen molar-refractivity contribution in [3.63, 3.8) is 0 Å². The molecule has 2 N–H and O–H groups in total. The van der Waals surface area contributed by atoms with Crippen molar-refractivity contribution in [3.05, 3.63) is 33.3 Å².